The van der Waals surface area contributed by atoms with Crippen molar-refractivity contribution in [1.29, 1.82) is 0 Å². The second-order valence-corrected chi connectivity index (χ2v) is 5.27. The molecule has 5 nitrogen and oxygen atoms in total. The molecule has 1 saturated heterocycles. The van der Waals surface area contributed by atoms with Crippen LogP contribution in [-0.4, -0.2) is 29.7 Å². The number of H-pyrrole nitrogens is 1. The van der Waals surface area contributed by atoms with E-state index in [-0.39, 0.29) is 5.56 Å². The molecule has 2 N–H and O–H groups in total. The number of aromatic nitrogens is 2. The predicted molar refractivity (Wildman–Crippen MR) is 67.9 cm³/mol. The van der Waals surface area contributed by atoms with Gasteiger partial charge in [-0.15, -0.1) is 0 Å². The first-order valence-corrected chi connectivity index (χ1v) is 6.76. The first kappa shape index (κ1) is 11.7. The lowest BCUT2D eigenvalue weighted by Gasteiger charge is -2.22. The summed E-state index contributed by atoms with van der Waals surface area (Å²) in [4.78, 5) is 18.7. The summed E-state index contributed by atoms with van der Waals surface area (Å²) >= 11 is 0. The summed E-state index contributed by atoms with van der Waals surface area (Å²) in [6.07, 6.45) is 4.63. The molecule has 0 bridgehead atoms. The van der Waals surface area contributed by atoms with Gasteiger partial charge in [-0.2, -0.15) is 4.98 Å². The van der Waals surface area contributed by atoms with Gasteiger partial charge in [0.15, 0.2) is 0 Å². The molecular weight excluding hydrogens is 230 g/mol. The molecule has 98 valence electrons. The lowest BCUT2D eigenvalue weighted by molar-refractivity contribution is 0.211. The van der Waals surface area contributed by atoms with Crippen LogP contribution in [0.3, 0.4) is 0 Å². The smallest absolute Gasteiger partial charge is 0.254 e. The molecule has 1 aromatic rings. The van der Waals surface area contributed by atoms with E-state index in [9.17, 15) is 4.79 Å². The maximum Gasteiger partial charge on any atom is 0.254 e. The first-order chi connectivity index (χ1) is 8.81. The Labute approximate surface area is 106 Å². The van der Waals surface area contributed by atoms with Gasteiger partial charge >= 0.3 is 0 Å². The molecule has 1 aromatic heterocycles. The van der Waals surface area contributed by atoms with Gasteiger partial charge in [0.2, 0.25) is 5.88 Å². The van der Waals surface area contributed by atoms with E-state index in [1.807, 2.05) is 0 Å². The maximum absolute atomic E-state index is 11.5. The van der Waals surface area contributed by atoms with Crippen LogP contribution < -0.4 is 15.6 Å². The molecule has 0 amide bonds. The molecular formula is C13H19N3O2. The summed E-state index contributed by atoms with van der Waals surface area (Å²) in [6.45, 7) is 2.75. The Morgan fingerprint density at radius 3 is 3.00 bits per heavy atom. The van der Waals surface area contributed by atoms with Crippen LogP contribution in [-0.2, 0) is 0 Å². The molecule has 0 radical (unpaired) electrons. The van der Waals surface area contributed by atoms with Crippen molar-refractivity contribution in [2.45, 2.75) is 31.6 Å². The van der Waals surface area contributed by atoms with E-state index in [0.29, 0.717) is 24.3 Å². The second-order valence-electron chi connectivity index (χ2n) is 5.27. The van der Waals surface area contributed by atoms with Gasteiger partial charge < -0.3 is 15.0 Å². The molecule has 1 aliphatic carbocycles. The van der Waals surface area contributed by atoms with Crippen LogP contribution in [0.1, 0.15) is 37.4 Å². The van der Waals surface area contributed by atoms with Crippen LogP contribution in [0.25, 0.3) is 0 Å². The van der Waals surface area contributed by atoms with Gasteiger partial charge in [0.1, 0.15) is 5.82 Å². The van der Waals surface area contributed by atoms with Gasteiger partial charge in [0.25, 0.3) is 5.56 Å². The topological polar surface area (TPSA) is 67.0 Å². The molecule has 2 aliphatic rings. The highest BCUT2D eigenvalue weighted by molar-refractivity contribution is 5.14. The SMILES string of the molecule is O=c1cc(OCC2CCCNC2)nc(C2CC2)[nH]1. The van der Waals surface area contributed by atoms with Gasteiger partial charge in [-0.25, -0.2) is 0 Å². The van der Waals surface area contributed by atoms with Crippen LogP contribution in [0.15, 0.2) is 10.9 Å². The number of aromatic amines is 1. The van der Waals surface area contributed by atoms with Crippen molar-refractivity contribution in [2.75, 3.05) is 19.7 Å². The zero-order valence-corrected chi connectivity index (χ0v) is 10.4. The number of nitrogens with one attached hydrogen (secondary N) is 2. The summed E-state index contributed by atoms with van der Waals surface area (Å²) in [5.41, 5.74) is -0.108. The lowest BCUT2D eigenvalue weighted by atomic mass is 10.0. The molecule has 3 rings (SSSR count). The molecule has 1 saturated carbocycles. The maximum atomic E-state index is 11.5. The summed E-state index contributed by atoms with van der Waals surface area (Å²) < 4.78 is 5.67. The fourth-order valence-corrected chi connectivity index (χ4v) is 2.35. The largest absolute Gasteiger partial charge is 0.477 e. The monoisotopic (exact) mass is 249 g/mol. The molecule has 2 fully saturated rings. The minimum Gasteiger partial charge on any atom is -0.477 e. The Kier molecular flexibility index (Phi) is 3.32. The fraction of sp³-hybridized carbons (Fsp3) is 0.692. The highest BCUT2D eigenvalue weighted by atomic mass is 16.5. The van der Waals surface area contributed by atoms with Crippen molar-refractivity contribution in [3.63, 3.8) is 0 Å². The number of hydrogen-bond acceptors (Lipinski definition) is 4. The summed E-state index contributed by atoms with van der Waals surface area (Å²) in [5.74, 6) is 2.24. The molecule has 5 heteroatoms. The summed E-state index contributed by atoms with van der Waals surface area (Å²) in [6, 6.07) is 1.45. The molecule has 0 aromatic carbocycles. The Bertz CT molecular complexity index is 462. The quantitative estimate of drug-likeness (QED) is 0.836. The zero-order chi connectivity index (χ0) is 12.4. The molecule has 18 heavy (non-hydrogen) atoms. The van der Waals surface area contributed by atoms with Crippen molar-refractivity contribution in [2.24, 2.45) is 5.92 Å². The van der Waals surface area contributed by atoms with Crippen LogP contribution >= 0.6 is 0 Å². The minimum absolute atomic E-state index is 0.108. The molecule has 1 atom stereocenters. The van der Waals surface area contributed by atoms with Gasteiger partial charge in [0, 0.05) is 18.4 Å². The molecule has 2 heterocycles. The molecule has 1 aliphatic heterocycles. The molecule has 1 unspecified atom stereocenters. The lowest BCUT2D eigenvalue weighted by Crippen LogP contribution is -2.33. The highest BCUT2D eigenvalue weighted by Crippen LogP contribution is 2.37. The van der Waals surface area contributed by atoms with Crippen molar-refractivity contribution >= 4 is 0 Å². The Hall–Kier alpha value is -1.36. The Balaban J connectivity index is 1.62. The summed E-state index contributed by atoms with van der Waals surface area (Å²) in [7, 11) is 0. The number of nitrogens with zero attached hydrogens (tertiary/aromatic N) is 1. The number of hydrogen-bond donors (Lipinski definition) is 2. The van der Waals surface area contributed by atoms with Gasteiger partial charge in [-0.05, 0) is 32.2 Å². The molecule has 0 spiro atoms. The predicted octanol–water partition coefficient (Wildman–Crippen LogP) is 1.03. The van der Waals surface area contributed by atoms with Crippen molar-refractivity contribution < 1.29 is 4.74 Å². The van der Waals surface area contributed by atoms with Crippen molar-refractivity contribution in [3.8, 4) is 5.88 Å². The van der Waals surface area contributed by atoms with E-state index >= 15 is 0 Å². The van der Waals surface area contributed by atoms with E-state index in [1.165, 1.54) is 18.9 Å². The van der Waals surface area contributed by atoms with Crippen LogP contribution in [0.4, 0.5) is 0 Å². The fourth-order valence-electron chi connectivity index (χ4n) is 2.35. The number of rotatable bonds is 4. The average Bonchev–Trinajstić information content (AvgIpc) is 3.21. The first-order valence-electron chi connectivity index (χ1n) is 6.76. The third kappa shape index (κ3) is 2.90. The second kappa shape index (κ2) is 5.10. The van der Waals surface area contributed by atoms with E-state index in [1.54, 1.807) is 0 Å². The van der Waals surface area contributed by atoms with Gasteiger partial charge in [-0.1, -0.05) is 0 Å². The number of piperidine rings is 1. The minimum atomic E-state index is -0.108. The number of ether oxygens (including phenoxy) is 1. The van der Waals surface area contributed by atoms with Crippen LogP contribution in [0.2, 0.25) is 0 Å². The average molecular weight is 249 g/mol. The van der Waals surface area contributed by atoms with Crippen LogP contribution in [0, 0.1) is 5.92 Å². The van der Waals surface area contributed by atoms with E-state index in [2.05, 4.69) is 15.3 Å². The normalized spacial score (nSPS) is 23.9. The van der Waals surface area contributed by atoms with E-state index in [4.69, 9.17) is 4.74 Å². The van der Waals surface area contributed by atoms with Crippen molar-refractivity contribution in [3.05, 3.63) is 22.2 Å². The highest BCUT2D eigenvalue weighted by Gasteiger charge is 2.26. The Morgan fingerprint density at radius 1 is 1.39 bits per heavy atom. The van der Waals surface area contributed by atoms with E-state index in [0.717, 1.165) is 31.8 Å². The Morgan fingerprint density at radius 2 is 2.28 bits per heavy atom. The van der Waals surface area contributed by atoms with Gasteiger partial charge in [0.05, 0.1) is 12.7 Å². The van der Waals surface area contributed by atoms with Crippen LogP contribution in [0.5, 0.6) is 5.88 Å². The van der Waals surface area contributed by atoms with E-state index < -0.39 is 0 Å². The van der Waals surface area contributed by atoms with Crippen molar-refractivity contribution in [1.82, 2.24) is 15.3 Å². The summed E-state index contributed by atoms with van der Waals surface area (Å²) in [5, 5.41) is 3.35. The zero-order valence-electron chi connectivity index (χ0n) is 10.4. The van der Waals surface area contributed by atoms with Gasteiger partial charge in [-0.3, -0.25) is 4.79 Å². The third-order valence-electron chi connectivity index (χ3n) is 3.57. The third-order valence-corrected chi connectivity index (χ3v) is 3.57. The standard InChI is InChI=1S/C13H19N3O2/c17-11-6-12(16-13(15-11)10-3-4-10)18-8-9-2-1-5-14-7-9/h6,9-10,14H,1-5,7-8H2,(H,15,16,17).